The number of aryl methyl sites for hydroxylation is 1. The number of aromatic nitrogens is 2. The van der Waals surface area contributed by atoms with Gasteiger partial charge in [-0.15, -0.1) is 0 Å². The van der Waals surface area contributed by atoms with E-state index in [1.165, 1.54) is 19.3 Å². The van der Waals surface area contributed by atoms with Crippen LogP contribution >= 0.6 is 12.2 Å². The highest BCUT2D eigenvalue weighted by Crippen LogP contribution is 2.45. The van der Waals surface area contributed by atoms with Crippen LogP contribution in [-0.2, 0) is 0 Å². The molecular formula is C11H18N2S. The molecule has 1 aliphatic carbocycles. The molecule has 2 rings (SSSR count). The van der Waals surface area contributed by atoms with E-state index in [1.54, 1.807) is 0 Å². The fraction of sp³-hybridized carbons (Fsp3) is 0.727. The molecule has 3 heteroatoms. The van der Waals surface area contributed by atoms with E-state index in [0.717, 1.165) is 10.5 Å². The molecule has 0 amide bonds. The minimum Gasteiger partial charge on any atom is -0.335 e. The second kappa shape index (κ2) is 3.23. The largest absolute Gasteiger partial charge is 0.335 e. The lowest BCUT2D eigenvalue weighted by molar-refractivity contribution is 0.259. The Labute approximate surface area is 90.3 Å². The number of nitrogens with one attached hydrogen (secondary N) is 1. The summed E-state index contributed by atoms with van der Waals surface area (Å²) in [7, 11) is 0. The molecule has 78 valence electrons. The summed E-state index contributed by atoms with van der Waals surface area (Å²) in [6.45, 7) is 6.75. The highest BCUT2D eigenvalue weighted by Gasteiger charge is 2.35. The van der Waals surface area contributed by atoms with Crippen LogP contribution in [-0.4, -0.2) is 9.55 Å². The van der Waals surface area contributed by atoms with Crippen LogP contribution in [0.1, 0.15) is 44.8 Å². The predicted octanol–water partition coefficient (Wildman–Crippen LogP) is 3.61. The molecule has 0 saturated heterocycles. The number of imidazole rings is 1. The van der Waals surface area contributed by atoms with E-state index in [-0.39, 0.29) is 0 Å². The second-order valence-electron chi connectivity index (χ2n) is 5.05. The Morgan fingerprint density at radius 2 is 2.29 bits per heavy atom. The molecule has 0 spiro atoms. The summed E-state index contributed by atoms with van der Waals surface area (Å²) in [5.74, 6) is 0. The minimum atomic E-state index is 0.396. The molecule has 1 aliphatic rings. The van der Waals surface area contributed by atoms with Gasteiger partial charge in [0, 0.05) is 17.9 Å². The van der Waals surface area contributed by atoms with Crippen LogP contribution in [0.5, 0.6) is 0 Å². The van der Waals surface area contributed by atoms with Crippen LogP contribution in [0, 0.1) is 17.1 Å². The average Bonchev–Trinajstić information content (AvgIpc) is 2.54. The molecule has 0 bridgehead atoms. The van der Waals surface area contributed by atoms with E-state index in [1.807, 2.05) is 0 Å². The van der Waals surface area contributed by atoms with Crippen molar-refractivity contribution in [3.05, 3.63) is 16.7 Å². The fourth-order valence-electron chi connectivity index (χ4n) is 2.59. The molecule has 1 heterocycles. The van der Waals surface area contributed by atoms with Crippen LogP contribution < -0.4 is 0 Å². The van der Waals surface area contributed by atoms with Crippen molar-refractivity contribution in [3.8, 4) is 0 Å². The Morgan fingerprint density at radius 1 is 1.57 bits per heavy atom. The first-order chi connectivity index (χ1) is 6.50. The number of nitrogens with zero attached hydrogens (tertiary/aromatic N) is 1. The maximum Gasteiger partial charge on any atom is 0.177 e. The summed E-state index contributed by atoms with van der Waals surface area (Å²) in [6, 6.07) is 0.583. The molecule has 1 saturated carbocycles. The molecule has 1 N–H and O–H groups in total. The van der Waals surface area contributed by atoms with Gasteiger partial charge in [0.05, 0.1) is 0 Å². The Kier molecular flexibility index (Phi) is 2.30. The topological polar surface area (TPSA) is 20.7 Å². The normalized spacial score (nSPS) is 25.5. The Balaban J connectivity index is 2.40. The number of hydrogen-bond donors (Lipinski definition) is 1. The maximum atomic E-state index is 5.32. The van der Waals surface area contributed by atoms with Crippen LogP contribution in [0.15, 0.2) is 6.20 Å². The number of hydrogen-bond acceptors (Lipinski definition) is 1. The highest BCUT2D eigenvalue weighted by atomic mass is 32.1. The van der Waals surface area contributed by atoms with Crippen molar-refractivity contribution in [2.75, 3.05) is 0 Å². The first-order valence-electron chi connectivity index (χ1n) is 5.28. The number of H-pyrrole nitrogens is 1. The van der Waals surface area contributed by atoms with Crippen molar-refractivity contribution < 1.29 is 0 Å². The van der Waals surface area contributed by atoms with E-state index in [4.69, 9.17) is 12.2 Å². The van der Waals surface area contributed by atoms with Gasteiger partial charge in [0.1, 0.15) is 0 Å². The SMILES string of the molecule is Cc1cn(C2CCCC2(C)C)c(=S)[nH]1. The van der Waals surface area contributed by atoms with Crippen molar-refractivity contribution in [3.63, 3.8) is 0 Å². The summed E-state index contributed by atoms with van der Waals surface area (Å²) >= 11 is 5.32. The fourth-order valence-corrected chi connectivity index (χ4v) is 2.93. The van der Waals surface area contributed by atoms with Gasteiger partial charge in [-0.1, -0.05) is 20.3 Å². The lowest BCUT2D eigenvalue weighted by Crippen LogP contribution is -2.21. The van der Waals surface area contributed by atoms with Crippen LogP contribution in [0.4, 0.5) is 0 Å². The molecule has 1 fully saturated rings. The van der Waals surface area contributed by atoms with Crippen LogP contribution in [0.25, 0.3) is 0 Å². The van der Waals surface area contributed by atoms with Gasteiger partial charge in [-0.25, -0.2) is 0 Å². The third kappa shape index (κ3) is 1.54. The third-order valence-electron chi connectivity index (χ3n) is 3.41. The maximum absolute atomic E-state index is 5.32. The first-order valence-corrected chi connectivity index (χ1v) is 5.69. The van der Waals surface area contributed by atoms with Gasteiger partial charge in [0.25, 0.3) is 0 Å². The molecule has 1 unspecified atom stereocenters. The van der Waals surface area contributed by atoms with E-state index in [9.17, 15) is 0 Å². The van der Waals surface area contributed by atoms with Gasteiger partial charge < -0.3 is 9.55 Å². The zero-order valence-corrected chi connectivity index (χ0v) is 9.95. The second-order valence-corrected chi connectivity index (χ2v) is 5.43. The minimum absolute atomic E-state index is 0.396. The molecule has 0 radical (unpaired) electrons. The monoisotopic (exact) mass is 210 g/mol. The van der Waals surface area contributed by atoms with Crippen LogP contribution in [0.2, 0.25) is 0 Å². The molecule has 1 aromatic rings. The lowest BCUT2D eigenvalue weighted by Gasteiger charge is -2.27. The zero-order valence-electron chi connectivity index (χ0n) is 9.13. The van der Waals surface area contributed by atoms with Crippen molar-refractivity contribution >= 4 is 12.2 Å². The van der Waals surface area contributed by atoms with E-state index in [0.29, 0.717) is 11.5 Å². The summed E-state index contributed by atoms with van der Waals surface area (Å²) < 4.78 is 3.12. The van der Waals surface area contributed by atoms with E-state index < -0.39 is 0 Å². The molecule has 1 aromatic heterocycles. The number of rotatable bonds is 1. The van der Waals surface area contributed by atoms with Gasteiger partial charge in [0.15, 0.2) is 4.77 Å². The quantitative estimate of drug-likeness (QED) is 0.702. The van der Waals surface area contributed by atoms with Crippen molar-refractivity contribution in [2.45, 2.75) is 46.1 Å². The molecule has 1 atom stereocenters. The van der Waals surface area contributed by atoms with Gasteiger partial charge >= 0.3 is 0 Å². The third-order valence-corrected chi connectivity index (χ3v) is 3.72. The smallest absolute Gasteiger partial charge is 0.177 e. The van der Waals surface area contributed by atoms with Gasteiger partial charge in [-0.2, -0.15) is 0 Å². The van der Waals surface area contributed by atoms with Crippen LogP contribution in [0.3, 0.4) is 0 Å². The highest BCUT2D eigenvalue weighted by molar-refractivity contribution is 7.71. The molecule has 0 aliphatic heterocycles. The first kappa shape index (κ1) is 9.97. The molecule has 14 heavy (non-hydrogen) atoms. The summed E-state index contributed by atoms with van der Waals surface area (Å²) in [5.41, 5.74) is 1.56. The molecule has 0 aromatic carbocycles. The van der Waals surface area contributed by atoms with Crippen molar-refractivity contribution in [2.24, 2.45) is 5.41 Å². The summed E-state index contributed by atoms with van der Waals surface area (Å²) in [4.78, 5) is 3.20. The summed E-state index contributed by atoms with van der Waals surface area (Å²) in [6.07, 6.45) is 6.05. The molecule has 2 nitrogen and oxygen atoms in total. The summed E-state index contributed by atoms with van der Waals surface area (Å²) in [5, 5.41) is 0. The predicted molar refractivity (Wildman–Crippen MR) is 61.0 cm³/mol. The Morgan fingerprint density at radius 3 is 2.71 bits per heavy atom. The van der Waals surface area contributed by atoms with E-state index >= 15 is 0 Å². The van der Waals surface area contributed by atoms with Crippen molar-refractivity contribution in [1.82, 2.24) is 9.55 Å². The zero-order chi connectivity index (χ0) is 10.3. The Hall–Kier alpha value is -0.570. The van der Waals surface area contributed by atoms with Gasteiger partial charge in [-0.05, 0) is 37.4 Å². The number of aromatic amines is 1. The average molecular weight is 210 g/mol. The lowest BCUT2D eigenvalue weighted by atomic mass is 9.87. The van der Waals surface area contributed by atoms with E-state index in [2.05, 4.69) is 36.5 Å². The standard InChI is InChI=1S/C11H18N2S/c1-8-7-13(10(14)12-8)9-5-4-6-11(9,2)3/h7,9H,4-6H2,1-3H3,(H,12,14). The van der Waals surface area contributed by atoms with Crippen molar-refractivity contribution in [1.29, 1.82) is 0 Å². The molecular weight excluding hydrogens is 192 g/mol. The Bertz CT molecular complexity index is 386. The van der Waals surface area contributed by atoms with Gasteiger partial charge in [0.2, 0.25) is 0 Å². The van der Waals surface area contributed by atoms with Gasteiger partial charge in [-0.3, -0.25) is 0 Å².